The first-order valence-electron chi connectivity index (χ1n) is 10.3. The molecule has 0 aromatic carbocycles. The van der Waals surface area contributed by atoms with Gasteiger partial charge in [0.2, 0.25) is 0 Å². The van der Waals surface area contributed by atoms with Crippen LogP contribution in [0.3, 0.4) is 0 Å². The maximum Gasteiger partial charge on any atom is 0.309 e. The summed E-state index contributed by atoms with van der Waals surface area (Å²) in [5, 5.41) is 0. The molecule has 0 amide bonds. The zero-order valence-electron chi connectivity index (χ0n) is 16.3. The van der Waals surface area contributed by atoms with Gasteiger partial charge in [0.15, 0.2) is 0 Å². The molecule has 0 aromatic heterocycles. The average molecular weight is 616 g/mol. The van der Waals surface area contributed by atoms with Gasteiger partial charge in [0.05, 0.1) is 11.8 Å². The topological polar surface area (TPSA) is 52.6 Å². The van der Waals surface area contributed by atoms with E-state index in [9.17, 15) is 9.59 Å². The van der Waals surface area contributed by atoms with E-state index in [0.29, 0.717) is 0 Å². The van der Waals surface area contributed by atoms with Gasteiger partial charge in [0.25, 0.3) is 0 Å². The predicted octanol–water partition coefficient (Wildman–Crippen LogP) is 4.60. The Kier molecular flexibility index (Phi) is 7.47. The predicted molar refractivity (Wildman–Crippen MR) is 95.6 cm³/mol. The van der Waals surface area contributed by atoms with E-state index < -0.39 is 0 Å². The Morgan fingerprint density at radius 3 is 1.58 bits per heavy atom. The summed E-state index contributed by atoms with van der Waals surface area (Å²) in [6.45, 7) is 2.26. The molecule has 0 aliphatic heterocycles. The van der Waals surface area contributed by atoms with E-state index in [-0.39, 0.29) is 36.0 Å². The fourth-order valence-corrected chi connectivity index (χ4v) is 4.45. The monoisotopic (exact) mass is 616 g/mol. The molecular weight excluding hydrogens is 583 g/mol. The molecule has 0 heterocycles. The van der Waals surface area contributed by atoms with Crippen LogP contribution in [0.15, 0.2) is 0 Å². The van der Waals surface area contributed by atoms with Crippen LogP contribution in [-0.4, -0.2) is 24.1 Å². The quantitative estimate of drug-likeness (QED) is 0.343. The molecule has 3 rings (SSSR count). The summed E-state index contributed by atoms with van der Waals surface area (Å²) in [5.41, 5.74) is 0. The van der Waals surface area contributed by atoms with Gasteiger partial charge >= 0.3 is 11.9 Å². The number of esters is 2. The number of carbonyl (C=O) groups excluding carboxylic acids is 2. The maximum absolute atomic E-state index is 12.3. The van der Waals surface area contributed by atoms with Crippen molar-refractivity contribution < 1.29 is 19.1 Å². The summed E-state index contributed by atoms with van der Waals surface area (Å²) in [4.78, 5) is 24.6. The van der Waals surface area contributed by atoms with Crippen molar-refractivity contribution in [2.45, 2.75) is 96.2 Å². The molecule has 4 nitrogen and oxygen atoms in total. The van der Waals surface area contributed by atoms with Gasteiger partial charge in [-0.05, 0) is 57.3 Å². The molecule has 3 fully saturated rings. The molecule has 0 atom stereocenters. The number of hydrogen-bond donors (Lipinski definition) is 0. The van der Waals surface area contributed by atoms with E-state index in [1.54, 1.807) is 0 Å². The van der Waals surface area contributed by atoms with Gasteiger partial charge in [-0.2, -0.15) is 12.8 Å². The minimum absolute atomic E-state index is 0. The summed E-state index contributed by atoms with van der Waals surface area (Å²) in [7, 11) is 0. The zero-order chi connectivity index (χ0) is 17.6. The SMILES string of the molecule is CC1CCC(C(=O)OC2CCC(OC(=O)C3CC[CH-]CC3)CC2)CC1.[Rf]. The smallest absolute Gasteiger partial charge is 0.309 e. The summed E-state index contributed by atoms with van der Waals surface area (Å²) < 4.78 is 11.5. The van der Waals surface area contributed by atoms with Gasteiger partial charge in [0.1, 0.15) is 12.2 Å². The molecule has 0 radical (unpaired) electrons. The van der Waals surface area contributed by atoms with Gasteiger partial charge in [0, 0.05) is 0 Å². The number of hydrogen-bond acceptors (Lipinski definition) is 4. The summed E-state index contributed by atoms with van der Waals surface area (Å²) in [5.74, 6) is 0.941. The van der Waals surface area contributed by atoms with Crippen LogP contribution < -0.4 is 0 Å². The van der Waals surface area contributed by atoms with Crippen molar-refractivity contribution in [3.63, 3.8) is 0 Å². The Morgan fingerprint density at radius 2 is 1.12 bits per heavy atom. The van der Waals surface area contributed by atoms with Crippen LogP contribution >= 0.6 is 0 Å². The molecule has 0 bridgehead atoms. The van der Waals surface area contributed by atoms with E-state index in [1.165, 1.54) is 0 Å². The van der Waals surface area contributed by atoms with Gasteiger partial charge in [-0.1, -0.05) is 19.8 Å². The van der Waals surface area contributed by atoms with Crippen LogP contribution in [0.1, 0.15) is 84.0 Å². The molecule has 0 spiro atoms. The molecule has 3 aliphatic carbocycles. The molecular formula is C21H33O4Rf-. The van der Waals surface area contributed by atoms with Crippen molar-refractivity contribution in [1.29, 1.82) is 0 Å². The van der Waals surface area contributed by atoms with Crippen LogP contribution in [0.4, 0.5) is 0 Å². The summed E-state index contributed by atoms with van der Waals surface area (Å²) >= 11 is 0. The van der Waals surface area contributed by atoms with Crippen molar-refractivity contribution >= 4 is 11.9 Å². The molecule has 26 heavy (non-hydrogen) atoms. The number of carbonyl (C=O) groups is 2. The first-order valence-corrected chi connectivity index (χ1v) is 10.3. The number of rotatable bonds is 4. The molecule has 0 saturated heterocycles. The second-order valence-corrected chi connectivity index (χ2v) is 8.37. The molecule has 0 aromatic rings. The third kappa shape index (κ3) is 5.47. The Hall–Kier alpha value is -2.06. The molecule has 3 aliphatic rings. The fraction of sp³-hybridized carbons (Fsp3) is 0.857. The standard InChI is InChI=1S/C21H33O4.Rf/c1-15-7-9-17(10-8-15)21(23)25-19-13-11-18(12-14-19)24-20(22)16-5-3-2-4-6-16;/h2,15-19H,3-14H2,1H3;/q-1;. The second-order valence-electron chi connectivity index (χ2n) is 8.37. The van der Waals surface area contributed by atoms with E-state index in [2.05, 4.69) is 13.3 Å². The van der Waals surface area contributed by atoms with Gasteiger partial charge in [-0.3, -0.25) is 9.59 Å². The van der Waals surface area contributed by atoms with E-state index in [4.69, 9.17) is 9.47 Å². The van der Waals surface area contributed by atoms with Crippen molar-refractivity contribution in [2.75, 3.05) is 0 Å². The summed E-state index contributed by atoms with van der Waals surface area (Å²) in [6.07, 6.45) is 13.8. The van der Waals surface area contributed by atoms with Gasteiger partial charge < -0.3 is 15.9 Å². The van der Waals surface area contributed by atoms with Crippen molar-refractivity contribution in [1.82, 2.24) is 0 Å². The van der Waals surface area contributed by atoms with Crippen LogP contribution in [0.2, 0.25) is 0 Å². The molecule has 144 valence electrons. The van der Waals surface area contributed by atoms with Crippen LogP contribution in [0.5, 0.6) is 0 Å². The average Bonchev–Trinajstić information content (AvgIpc) is 2.64. The van der Waals surface area contributed by atoms with E-state index in [1.807, 2.05) is 0 Å². The normalized spacial score (nSPS) is 33.0. The van der Waals surface area contributed by atoms with Crippen molar-refractivity contribution in [3.05, 3.63) is 6.42 Å². The van der Waals surface area contributed by atoms with E-state index >= 15 is 0 Å². The molecule has 0 unspecified atom stereocenters. The maximum atomic E-state index is 12.3. The fourth-order valence-electron chi connectivity index (χ4n) is 4.45. The van der Waals surface area contributed by atoms with Crippen LogP contribution in [-0.2, 0) is 19.1 Å². The van der Waals surface area contributed by atoms with Crippen LogP contribution in [0.25, 0.3) is 0 Å². The zero-order valence-corrected chi connectivity index (χ0v) is 22.7. The molecule has 0 N–H and O–H groups in total. The van der Waals surface area contributed by atoms with Crippen molar-refractivity contribution in [3.8, 4) is 0 Å². The van der Waals surface area contributed by atoms with Crippen LogP contribution in [0, 0.1) is 24.2 Å². The Balaban J connectivity index is 0.00000243. The van der Waals surface area contributed by atoms with Gasteiger partial charge in [-0.25, -0.2) is 0 Å². The Labute approximate surface area is 152 Å². The minimum atomic E-state index is -0.00938. The third-order valence-corrected chi connectivity index (χ3v) is 6.31. The largest absolute Gasteiger partial charge is 0.462 e. The molecule has 5 heteroatoms. The second kappa shape index (κ2) is 9.59. The Morgan fingerprint density at radius 1 is 0.692 bits per heavy atom. The Bertz CT molecular complexity index is 445. The van der Waals surface area contributed by atoms with E-state index in [0.717, 1.165) is 83.0 Å². The first kappa shape index (κ1) is 20.3. The summed E-state index contributed by atoms with van der Waals surface area (Å²) in [6, 6.07) is 0. The molecule has 3 saturated carbocycles. The first-order chi connectivity index (χ1) is 12.1. The minimum Gasteiger partial charge on any atom is -0.462 e. The van der Waals surface area contributed by atoms with Gasteiger partial charge in [-0.15, -0.1) is 0 Å². The number of ether oxygens (including phenoxy) is 2. The third-order valence-electron chi connectivity index (χ3n) is 6.31. The van der Waals surface area contributed by atoms with Crippen molar-refractivity contribution in [2.24, 2.45) is 17.8 Å².